The van der Waals surface area contributed by atoms with E-state index in [9.17, 15) is 5.11 Å². The van der Waals surface area contributed by atoms with E-state index in [0.29, 0.717) is 13.1 Å². The van der Waals surface area contributed by atoms with Gasteiger partial charge in [0.05, 0.1) is 11.6 Å². The summed E-state index contributed by atoms with van der Waals surface area (Å²) in [5.41, 5.74) is 0.951. The summed E-state index contributed by atoms with van der Waals surface area (Å²) in [6.07, 6.45) is 1.36. The van der Waals surface area contributed by atoms with Gasteiger partial charge in [0.2, 0.25) is 0 Å². The Kier molecular flexibility index (Phi) is 2.44. The fourth-order valence-electron chi connectivity index (χ4n) is 1.90. The number of aliphatic hydroxyl groups is 1. The van der Waals surface area contributed by atoms with Crippen LogP contribution in [0.1, 0.15) is 0 Å². The average Bonchev–Trinajstić information content (AvgIpc) is 2.24. The number of anilines is 1. The van der Waals surface area contributed by atoms with Crippen LogP contribution in [0.25, 0.3) is 10.9 Å². The Labute approximate surface area is 106 Å². The second-order valence-electron chi connectivity index (χ2n) is 3.92. The van der Waals surface area contributed by atoms with E-state index in [-0.39, 0.29) is 6.10 Å². The molecule has 1 aromatic heterocycles. The largest absolute Gasteiger partial charge is 0.389 e. The summed E-state index contributed by atoms with van der Waals surface area (Å²) in [7, 11) is 0. The monoisotopic (exact) mass is 327 g/mol. The molecule has 0 unspecified atom stereocenters. The first-order chi connectivity index (χ1) is 7.74. The molecule has 2 heterocycles. The molecule has 0 amide bonds. The molecule has 82 valence electrons. The quantitative estimate of drug-likeness (QED) is 0.805. The van der Waals surface area contributed by atoms with Crippen LogP contribution in [0.15, 0.2) is 24.5 Å². The number of hydrogen-bond donors (Lipinski definition) is 1. The molecule has 0 radical (unpaired) electrons. The number of rotatable bonds is 1. The van der Waals surface area contributed by atoms with Crippen LogP contribution in [-0.4, -0.2) is 34.3 Å². The molecular formula is C11H10IN3O. The Morgan fingerprint density at radius 2 is 2.12 bits per heavy atom. The van der Waals surface area contributed by atoms with Crippen molar-refractivity contribution in [2.24, 2.45) is 0 Å². The van der Waals surface area contributed by atoms with Crippen molar-refractivity contribution >= 4 is 39.3 Å². The maximum Gasteiger partial charge on any atom is 0.140 e. The van der Waals surface area contributed by atoms with Crippen LogP contribution >= 0.6 is 22.6 Å². The summed E-state index contributed by atoms with van der Waals surface area (Å²) in [5.74, 6) is 0.925. The topological polar surface area (TPSA) is 49.2 Å². The molecule has 2 aromatic rings. The SMILES string of the molecule is OC1CN(c2ncnc3ccc(I)cc23)C1. The van der Waals surface area contributed by atoms with E-state index in [0.717, 1.165) is 16.7 Å². The molecule has 0 bridgehead atoms. The summed E-state index contributed by atoms with van der Waals surface area (Å²) >= 11 is 2.28. The molecule has 16 heavy (non-hydrogen) atoms. The first kappa shape index (κ1) is 10.2. The molecule has 1 aliphatic heterocycles. The zero-order valence-electron chi connectivity index (χ0n) is 8.47. The first-order valence-electron chi connectivity index (χ1n) is 5.07. The summed E-state index contributed by atoms with van der Waals surface area (Å²) in [4.78, 5) is 10.6. The van der Waals surface area contributed by atoms with E-state index < -0.39 is 0 Å². The van der Waals surface area contributed by atoms with Crippen LogP contribution in [0, 0.1) is 3.57 Å². The van der Waals surface area contributed by atoms with Crippen molar-refractivity contribution in [3.05, 3.63) is 28.1 Å². The van der Waals surface area contributed by atoms with Gasteiger partial charge in [0.15, 0.2) is 0 Å². The van der Waals surface area contributed by atoms with Gasteiger partial charge in [-0.05, 0) is 40.8 Å². The van der Waals surface area contributed by atoms with Crippen LogP contribution in [0.5, 0.6) is 0 Å². The second kappa shape index (κ2) is 3.81. The van der Waals surface area contributed by atoms with Gasteiger partial charge in [-0.1, -0.05) is 0 Å². The number of aliphatic hydroxyl groups excluding tert-OH is 1. The van der Waals surface area contributed by atoms with Crippen LogP contribution in [-0.2, 0) is 0 Å². The lowest BCUT2D eigenvalue weighted by Crippen LogP contribution is -2.51. The molecular weight excluding hydrogens is 317 g/mol. The first-order valence-corrected chi connectivity index (χ1v) is 6.15. The molecule has 5 heteroatoms. The van der Waals surface area contributed by atoms with E-state index in [4.69, 9.17) is 0 Å². The maximum atomic E-state index is 9.32. The molecule has 1 N–H and O–H groups in total. The Morgan fingerprint density at radius 1 is 1.31 bits per heavy atom. The lowest BCUT2D eigenvalue weighted by Gasteiger charge is -2.37. The van der Waals surface area contributed by atoms with Gasteiger partial charge in [-0.2, -0.15) is 0 Å². The summed E-state index contributed by atoms with van der Waals surface area (Å²) in [6, 6.07) is 6.11. The number of fused-ring (bicyclic) bond motifs is 1. The van der Waals surface area contributed by atoms with Crippen LogP contribution < -0.4 is 4.90 Å². The van der Waals surface area contributed by atoms with Gasteiger partial charge in [-0.15, -0.1) is 0 Å². The number of nitrogens with zero attached hydrogens (tertiary/aromatic N) is 3. The number of hydrogen-bond acceptors (Lipinski definition) is 4. The van der Waals surface area contributed by atoms with Gasteiger partial charge in [-0.3, -0.25) is 0 Å². The molecule has 4 nitrogen and oxygen atoms in total. The Hall–Kier alpha value is -0.950. The third-order valence-electron chi connectivity index (χ3n) is 2.74. The van der Waals surface area contributed by atoms with Crippen molar-refractivity contribution in [1.29, 1.82) is 0 Å². The highest BCUT2D eigenvalue weighted by Crippen LogP contribution is 2.27. The van der Waals surface area contributed by atoms with Crippen molar-refractivity contribution in [1.82, 2.24) is 9.97 Å². The van der Waals surface area contributed by atoms with Crippen molar-refractivity contribution in [2.75, 3.05) is 18.0 Å². The fourth-order valence-corrected chi connectivity index (χ4v) is 2.39. The molecule has 3 rings (SSSR count). The molecule has 1 fully saturated rings. The van der Waals surface area contributed by atoms with Gasteiger partial charge < -0.3 is 10.0 Å². The number of halogens is 1. The van der Waals surface area contributed by atoms with E-state index in [2.05, 4.69) is 43.5 Å². The van der Waals surface area contributed by atoms with Crippen molar-refractivity contribution in [3.63, 3.8) is 0 Å². The summed E-state index contributed by atoms with van der Waals surface area (Å²) in [6.45, 7) is 1.33. The molecule has 1 saturated heterocycles. The van der Waals surface area contributed by atoms with Crippen molar-refractivity contribution in [3.8, 4) is 0 Å². The van der Waals surface area contributed by atoms with Crippen LogP contribution in [0.4, 0.5) is 5.82 Å². The zero-order chi connectivity index (χ0) is 11.1. The van der Waals surface area contributed by atoms with Gasteiger partial charge in [0, 0.05) is 22.0 Å². The third kappa shape index (κ3) is 1.63. The maximum absolute atomic E-state index is 9.32. The molecule has 0 spiro atoms. The summed E-state index contributed by atoms with van der Waals surface area (Å²) in [5, 5.41) is 10.4. The van der Waals surface area contributed by atoms with E-state index in [1.807, 2.05) is 12.1 Å². The third-order valence-corrected chi connectivity index (χ3v) is 3.41. The van der Waals surface area contributed by atoms with Gasteiger partial charge >= 0.3 is 0 Å². The molecule has 0 aliphatic carbocycles. The minimum Gasteiger partial charge on any atom is -0.389 e. The second-order valence-corrected chi connectivity index (χ2v) is 5.16. The van der Waals surface area contributed by atoms with Gasteiger partial charge in [0.1, 0.15) is 12.1 Å². The zero-order valence-corrected chi connectivity index (χ0v) is 10.6. The van der Waals surface area contributed by atoms with Crippen LogP contribution in [0.2, 0.25) is 0 Å². The summed E-state index contributed by atoms with van der Waals surface area (Å²) < 4.78 is 1.17. The Bertz CT molecular complexity index is 540. The van der Waals surface area contributed by atoms with E-state index in [1.54, 1.807) is 6.33 Å². The predicted octanol–water partition coefficient (Wildman–Crippen LogP) is 1.42. The lowest BCUT2D eigenvalue weighted by atomic mass is 10.1. The predicted molar refractivity (Wildman–Crippen MR) is 70.5 cm³/mol. The fraction of sp³-hybridized carbons (Fsp3) is 0.273. The minimum absolute atomic E-state index is 0.215. The Balaban J connectivity index is 2.13. The smallest absolute Gasteiger partial charge is 0.140 e. The lowest BCUT2D eigenvalue weighted by molar-refractivity contribution is 0.141. The normalized spacial score (nSPS) is 16.5. The number of β-amino-alcohol motifs (C(OH)–C–C–N with tert-alkyl or cyclic N) is 1. The van der Waals surface area contributed by atoms with Crippen LogP contribution in [0.3, 0.4) is 0 Å². The highest BCUT2D eigenvalue weighted by molar-refractivity contribution is 14.1. The number of aromatic nitrogens is 2. The van der Waals surface area contributed by atoms with Crippen molar-refractivity contribution < 1.29 is 5.11 Å². The van der Waals surface area contributed by atoms with Crippen molar-refractivity contribution in [2.45, 2.75) is 6.10 Å². The molecule has 0 atom stereocenters. The highest BCUT2D eigenvalue weighted by atomic mass is 127. The molecule has 1 aliphatic rings. The Morgan fingerprint density at radius 3 is 2.88 bits per heavy atom. The highest BCUT2D eigenvalue weighted by Gasteiger charge is 2.26. The number of benzene rings is 1. The standard InChI is InChI=1S/C11H10IN3O/c12-7-1-2-10-9(3-7)11(14-6-13-10)15-4-8(16)5-15/h1-3,6,8,16H,4-5H2. The molecule has 1 aromatic carbocycles. The minimum atomic E-state index is -0.215. The molecule has 0 saturated carbocycles. The van der Waals surface area contributed by atoms with Gasteiger partial charge in [0.25, 0.3) is 0 Å². The van der Waals surface area contributed by atoms with E-state index >= 15 is 0 Å². The van der Waals surface area contributed by atoms with Gasteiger partial charge in [-0.25, -0.2) is 9.97 Å². The average molecular weight is 327 g/mol. The van der Waals surface area contributed by atoms with E-state index in [1.165, 1.54) is 3.57 Å².